The van der Waals surface area contributed by atoms with Gasteiger partial charge >= 0.3 is 6.03 Å². The van der Waals surface area contributed by atoms with E-state index in [4.69, 9.17) is 5.73 Å². The van der Waals surface area contributed by atoms with Gasteiger partial charge in [0, 0.05) is 10.9 Å². The Hall–Kier alpha value is -2.90. The molecule has 1 heterocycles. The Morgan fingerprint density at radius 2 is 1.81 bits per heavy atom. The second-order valence-electron chi connectivity index (χ2n) is 7.83. The predicted octanol–water partition coefficient (Wildman–Crippen LogP) is 2.15. The number of para-hydroxylation sites is 1. The molecule has 3 amide bonds. The number of aromatic nitrogens is 2. The summed E-state index contributed by atoms with van der Waals surface area (Å²) in [6, 6.07) is 6.62. The maximum atomic E-state index is 12.0. The average molecular weight is 372 g/mol. The van der Waals surface area contributed by atoms with E-state index in [9.17, 15) is 9.59 Å². The zero-order chi connectivity index (χ0) is 20.2. The minimum atomic E-state index is -0.562. The minimum absolute atomic E-state index is 0.00429. The van der Waals surface area contributed by atoms with Gasteiger partial charge in [0.2, 0.25) is 5.91 Å². The van der Waals surface area contributed by atoms with Crippen LogP contribution in [0.3, 0.4) is 0 Å². The van der Waals surface area contributed by atoms with E-state index < -0.39 is 11.9 Å². The maximum absolute atomic E-state index is 12.0. The van der Waals surface area contributed by atoms with Crippen molar-refractivity contribution >= 4 is 28.7 Å². The van der Waals surface area contributed by atoms with Crippen LogP contribution in [-0.4, -0.2) is 33.5 Å². The van der Waals surface area contributed by atoms with Gasteiger partial charge in [-0.05, 0) is 38.8 Å². The Labute approximate surface area is 159 Å². The number of fused-ring (bicyclic) bond motifs is 1. The van der Waals surface area contributed by atoms with E-state index in [1.165, 1.54) is 0 Å². The molecule has 5 N–H and O–H groups in total. The molecule has 0 saturated carbocycles. The van der Waals surface area contributed by atoms with E-state index >= 15 is 0 Å². The molecule has 2 rings (SSSR count). The van der Waals surface area contributed by atoms with Gasteiger partial charge in [-0.2, -0.15) is 0 Å². The molecule has 0 bridgehead atoms. The molecule has 8 nitrogen and oxygen atoms in total. The molecule has 1 aromatic heterocycles. The number of nitrogens with two attached hydrogens (primary N) is 1. The molecule has 0 fully saturated rings. The fraction of sp³-hybridized carbons (Fsp3) is 0.474. The van der Waals surface area contributed by atoms with E-state index in [2.05, 4.69) is 25.9 Å². The highest BCUT2D eigenvalue weighted by molar-refractivity contribution is 5.92. The lowest BCUT2D eigenvalue weighted by atomic mass is 10.0. The number of anilines is 1. The topological polar surface area (TPSA) is 122 Å². The third-order valence-corrected chi connectivity index (χ3v) is 3.81. The molecule has 1 aromatic carbocycles. The summed E-state index contributed by atoms with van der Waals surface area (Å²) < 4.78 is 0. The van der Waals surface area contributed by atoms with Crippen molar-refractivity contribution in [2.24, 2.45) is 11.7 Å². The summed E-state index contributed by atoms with van der Waals surface area (Å²) in [5, 5.41) is 9.49. The number of rotatable bonds is 6. The monoisotopic (exact) mass is 372 g/mol. The first-order valence-electron chi connectivity index (χ1n) is 8.94. The standard InChI is InChI=1S/C19H28N6O2/c1-11(2)15(16(20)26)24-17-12-8-6-7-9-13(12)22-14(23-17)10-21-18(27)25-19(3,4)5/h6-9,11,15H,10H2,1-5H3,(H2,20,26)(H2,21,25,27)(H,22,23,24)/t15-/m0/s1. The number of nitrogens with one attached hydrogen (secondary N) is 3. The highest BCUT2D eigenvalue weighted by Crippen LogP contribution is 2.22. The average Bonchev–Trinajstić information content (AvgIpc) is 2.55. The Morgan fingerprint density at radius 1 is 1.15 bits per heavy atom. The Balaban J connectivity index is 2.28. The van der Waals surface area contributed by atoms with E-state index in [0.717, 1.165) is 10.9 Å². The lowest BCUT2D eigenvalue weighted by molar-refractivity contribution is -0.119. The first-order valence-corrected chi connectivity index (χ1v) is 8.94. The number of urea groups is 1. The van der Waals surface area contributed by atoms with Crippen molar-refractivity contribution in [3.05, 3.63) is 30.1 Å². The van der Waals surface area contributed by atoms with Crippen molar-refractivity contribution in [1.29, 1.82) is 0 Å². The number of carbonyl (C=O) groups is 2. The zero-order valence-corrected chi connectivity index (χ0v) is 16.5. The molecule has 27 heavy (non-hydrogen) atoms. The molecular weight excluding hydrogens is 344 g/mol. The molecule has 0 radical (unpaired) electrons. The lowest BCUT2D eigenvalue weighted by Gasteiger charge is -2.22. The summed E-state index contributed by atoms with van der Waals surface area (Å²) in [4.78, 5) is 32.7. The van der Waals surface area contributed by atoms with Crippen LogP contribution in [0.4, 0.5) is 10.6 Å². The normalized spacial score (nSPS) is 12.7. The van der Waals surface area contributed by atoms with Gasteiger partial charge in [-0.3, -0.25) is 4.79 Å². The van der Waals surface area contributed by atoms with E-state index in [1.54, 1.807) is 0 Å². The number of hydrogen-bond acceptors (Lipinski definition) is 5. The van der Waals surface area contributed by atoms with Gasteiger partial charge in [0.25, 0.3) is 0 Å². The molecule has 146 valence electrons. The molecule has 0 aliphatic carbocycles. The Bertz CT molecular complexity index is 829. The van der Waals surface area contributed by atoms with Crippen LogP contribution in [0, 0.1) is 5.92 Å². The smallest absolute Gasteiger partial charge is 0.315 e. The van der Waals surface area contributed by atoms with Crippen molar-refractivity contribution in [1.82, 2.24) is 20.6 Å². The van der Waals surface area contributed by atoms with Crippen molar-refractivity contribution in [3.63, 3.8) is 0 Å². The summed E-state index contributed by atoms with van der Waals surface area (Å²) in [6.07, 6.45) is 0. The first kappa shape index (κ1) is 20.4. The van der Waals surface area contributed by atoms with E-state index in [0.29, 0.717) is 11.6 Å². The van der Waals surface area contributed by atoms with Gasteiger partial charge in [0.05, 0.1) is 12.1 Å². The fourth-order valence-electron chi connectivity index (χ4n) is 2.57. The van der Waals surface area contributed by atoms with Gasteiger partial charge in [0.15, 0.2) is 5.82 Å². The van der Waals surface area contributed by atoms with Gasteiger partial charge in [-0.25, -0.2) is 14.8 Å². The number of hydrogen-bond donors (Lipinski definition) is 4. The highest BCUT2D eigenvalue weighted by atomic mass is 16.2. The Morgan fingerprint density at radius 3 is 2.41 bits per heavy atom. The molecule has 0 saturated heterocycles. The van der Waals surface area contributed by atoms with Crippen molar-refractivity contribution < 1.29 is 9.59 Å². The van der Waals surface area contributed by atoms with Crippen LogP contribution >= 0.6 is 0 Å². The van der Waals surface area contributed by atoms with Crippen molar-refractivity contribution in [2.75, 3.05) is 5.32 Å². The van der Waals surface area contributed by atoms with Gasteiger partial charge in [-0.1, -0.05) is 26.0 Å². The van der Waals surface area contributed by atoms with Crippen LogP contribution in [0.25, 0.3) is 10.9 Å². The van der Waals surface area contributed by atoms with E-state index in [1.807, 2.05) is 58.9 Å². The quantitative estimate of drug-likeness (QED) is 0.619. The first-order chi connectivity index (χ1) is 12.6. The summed E-state index contributed by atoms with van der Waals surface area (Å²) in [5.41, 5.74) is 5.89. The number of primary amides is 1. The van der Waals surface area contributed by atoms with Gasteiger partial charge < -0.3 is 21.7 Å². The van der Waals surface area contributed by atoms with Crippen LogP contribution in [-0.2, 0) is 11.3 Å². The molecule has 8 heteroatoms. The van der Waals surface area contributed by atoms with Crippen molar-refractivity contribution in [2.45, 2.75) is 52.7 Å². The number of nitrogens with zero attached hydrogens (tertiary/aromatic N) is 2. The summed E-state index contributed by atoms with van der Waals surface area (Å²) in [5.74, 6) is 0.505. The van der Waals surface area contributed by atoms with Gasteiger partial charge in [-0.15, -0.1) is 0 Å². The van der Waals surface area contributed by atoms with Crippen LogP contribution in [0.15, 0.2) is 24.3 Å². The third-order valence-electron chi connectivity index (χ3n) is 3.81. The lowest BCUT2D eigenvalue weighted by Crippen LogP contribution is -2.46. The second kappa shape index (κ2) is 8.20. The van der Waals surface area contributed by atoms with Crippen LogP contribution < -0.4 is 21.7 Å². The molecule has 2 aromatic rings. The van der Waals surface area contributed by atoms with Crippen LogP contribution in [0.2, 0.25) is 0 Å². The highest BCUT2D eigenvalue weighted by Gasteiger charge is 2.21. The molecule has 0 unspecified atom stereocenters. The molecule has 0 aliphatic heterocycles. The third kappa shape index (κ3) is 5.80. The predicted molar refractivity (Wildman–Crippen MR) is 106 cm³/mol. The number of benzene rings is 1. The van der Waals surface area contributed by atoms with Crippen molar-refractivity contribution in [3.8, 4) is 0 Å². The zero-order valence-electron chi connectivity index (χ0n) is 16.5. The largest absolute Gasteiger partial charge is 0.368 e. The summed E-state index contributed by atoms with van der Waals surface area (Å²) >= 11 is 0. The molecular formula is C19H28N6O2. The molecule has 1 atom stereocenters. The second-order valence-corrected chi connectivity index (χ2v) is 7.83. The Kier molecular flexibility index (Phi) is 6.20. The number of carbonyl (C=O) groups excluding carboxylic acids is 2. The SMILES string of the molecule is CC(C)[C@H](Nc1nc(CNC(=O)NC(C)(C)C)nc2ccccc12)C(N)=O. The summed E-state index contributed by atoms with van der Waals surface area (Å²) in [6.45, 7) is 9.67. The van der Waals surface area contributed by atoms with Gasteiger partial charge in [0.1, 0.15) is 11.9 Å². The van der Waals surface area contributed by atoms with Crippen LogP contribution in [0.5, 0.6) is 0 Å². The fourth-order valence-corrected chi connectivity index (χ4v) is 2.57. The maximum Gasteiger partial charge on any atom is 0.315 e. The molecule has 0 aliphatic rings. The van der Waals surface area contributed by atoms with E-state index in [-0.39, 0.29) is 24.0 Å². The number of amides is 3. The summed E-state index contributed by atoms with van der Waals surface area (Å²) in [7, 11) is 0. The molecule has 0 spiro atoms. The minimum Gasteiger partial charge on any atom is -0.368 e. The van der Waals surface area contributed by atoms with Crippen LogP contribution in [0.1, 0.15) is 40.4 Å².